The maximum absolute atomic E-state index is 14.0. The standard InChI is InChI=1S/C31H36N9O9PS/c1-37(2)24-8-4-7-22-21(24)6-5-9-27(22)51(46,47)36-38(3)23(19-10-12-20(13-11-19)40(41)42)14-15-25-26(49-50(43,44)45)16-28(48-25)39-18-35-29-30(32)33-17-34-31(29)39/h4-13,17-18,23,25-26,28,36H,14-16H2,1-3H3,(H2,32,33,34)(H2,43,44,45)/t23?,25-,26+,28-/m1/s1. The maximum atomic E-state index is 14.0. The van der Waals surface area contributed by atoms with E-state index < -0.39 is 47.2 Å². The summed E-state index contributed by atoms with van der Waals surface area (Å²) in [6.45, 7) is 0. The summed E-state index contributed by atoms with van der Waals surface area (Å²) in [5.74, 6) is 0.148. The van der Waals surface area contributed by atoms with Gasteiger partial charge in [0.15, 0.2) is 11.5 Å². The zero-order valence-corrected chi connectivity index (χ0v) is 29.4. The molecule has 51 heavy (non-hydrogen) atoms. The Morgan fingerprint density at radius 2 is 1.80 bits per heavy atom. The smallest absolute Gasteiger partial charge is 0.382 e. The number of nitrogens with two attached hydrogens (primary N) is 1. The summed E-state index contributed by atoms with van der Waals surface area (Å²) in [7, 11) is -3.88. The number of nitrogen functional groups attached to an aromatic ring is 1. The van der Waals surface area contributed by atoms with E-state index in [9.17, 15) is 32.9 Å². The number of non-ortho nitro benzene ring substituents is 1. The van der Waals surface area contributed by atoms with Crippen molar-refractivity contribution < 1.29 is 37.0 Å². The molecular formula is C31H36N9O9PS. The van der Waals surface area contributed by atoms with Gasteiger partial charge in [0.25, 0.3) is 15.7 Å². The SMILES string of the molecule is CN(C)c1cccc2c(S(=O)(=O)NN(C)C(CC[C@H]3O[C@@H](n4cnc5c(N)ncnc54)C[C@@H]3OP(=O)(O)O)c3ccc([N+](=O)[O-])cc3)cccc12. The number of anilines is 2. The Labute approximate surface area is 292 Å². The molecule has 270 valence electrons. The molecule has 0 spiro atoms. The molecule has 20 heteroatoms. The Bertz CT molecular complexity index is 2230. The molecular weight excluding hydrogens is 705 g/mol. The van der Waals surface area contributed by atoms with Crippen LogP contribution in [0.25, 0.3) is 21.9 Å². The Kier molecular flexibility index (Phi) is 10.1. The van der Waals surface area contributed by atoms with Gasteiger partial charge in [0.05, 0.1) is 34.4 Å². The first-order valence-electron chi connectivity index (χ1n) is 15.6. The van der Waals surface area contributed by atoms with Gasteiger partial charge in [-0.3, -0.25) is 19.2 Å². The predicted molar refractivity (Wildman–Crippen MR) is 187 cm³/mol. The average molecular weight is 742 g/mol. The van der Waals surface area contributed by atoms with Crippen LogP contribution < -0.4 is 15.5 Å². The molecule has 5 aromatic rings. The number of nitrogens with zero attached hydrogens (tertiary/aromatic N) is 7. The Morgan fingerprint density at radius 3 is 2.49 bits per heavy atom. The van der Waals surface area contributed by atoms with Gasteiger partial charge >= 0.3 is 7.82 Å². The minimum atomic E-state index is -4.96. The number of ether oxygens (including phenoxy) is 1. The fourth-order valence-corrected chi connectivity index (χ4v) is 8.32. The van der Waals surface area contributed by atoms with Crippen LogP contribution >= 0.6 is 7.82 Å². The number of benzene rings is 3. The van der Waals surface area contributed by atoms with Crippen molar-refractivity contribution in [2.24, 2.45) is 0 Å². The van der Waals surface area contributed by atoms with E-state index in [0.29, 0.717) is 22.1 Å². The van der Waals surface area contributed by atoms with E-state index in [-0.39, 0.29) is 35.7 Å². The van der Waals surface area contributed by atoms with E-state index >= 15 is 0 Å². The number of hydrazine groups is 1. The summed E-state index contributed by atoms with van der Waals surface area (Å²) in [6, 6.07) is 15.4. The third-order valence-corrected chi connectivity index (χ3v) is 10.7. The van der Waals surface area contributed by atoms with E-state index in [4.69, 9.17) is 15.0 Å². The van der Waals surface area contributed by atoms with Crippen molar-refractivity contribution in [3.05, 3.63) is 89.0 Å². The lowest BCUT2D eigenvalue weighted by molar-refractivity contribution is -0.384. The second-order valence-corrected chi connectivity index (χ2v) is 15.1. The molecule has 1 aliphatic rings. The number of rotatable bonds is 13. The lowest BCUT2D eigenvalue weighted by atomic mass is 9.98. The highest BCUT2D eigenvalue weighted by atomic mass is 32.2. The molecule has 3 heterocycles. The number of phosphoric ester groups is 1. The van der Waals surface area contributed by atoms with Crippen LogP contribution in [-0.2, 0) is 23.8 Å². The maximum Gasteiger partial charge on any atom is 0.469 e. The van der Waals surface area contributed by atoms with Crippen molar-refractivity contribution in [3.8, 4) is 0 Å². The van der Waals surface area contributed by atoms with Crippen LogP contribution in [0.4, 0.5) is 17.2 Å². The Morgan fingerprint density at radius 1 is 1.10 bits per heavy atom. The lowest BCUT2D eigenvalue weighted by Gasteiger charge is -2.30. The number of phosphoric acid groups is 1. The van der Waals surface area contributed by atoms with Gasteiger partial charge in [-0.1, -0.05) is 36.4 Å². The van der Waals surface area contributed by atoms with Crippen LogP contribution in [0.2, 0.25) is 0 Å². The van der Waals surface area contributed by atoms with Crippen LogP contribution in [0.1, 0.15) is 37.1 Å². The van der Waals surface area contributed by atoms with Crippen LogP contribution in [0.15, 0.2) is 78.2 Å². The molecule has 0 amide bonds. The zero-order chi connectivity index (χ0) is 36.7. The first-order valence-corrected chi connectivity index (χ1v) is 18.7. The summed E-state index contributed by atoms with van der Waals surface area (Å²) in [4.78, 5) is 47.3. The number of hydrogen-bond donors (Lipinski definition) is 4. The molecule has 0 saturated carbocycles. The van der Waals surface area contributed by atoms with Gasteiger partial charge in [-0.15, -0.1) is 4.83 Å². The summed E-state index contributed by atoms with van der Waals surface area (Å²) in [5, 5.41) is 14.0. The monoisotopic (exact) mass is 741 g/mol. The van der Waals surface area contributed by atoms with E-state index in [1.54, 1.807) is 22.8 Å². The minimum absolute atomic E-state index is 0.0197. The topological polar surface area (TPSA) is 241 Å². The summed E-state index contributed by atoms with van der Waals surface area (Å²) < 4.78 is 53.0. The van der Waals surface area contributed by atoms with Gasteiger partial charge in [-0.2, -0.15) is 0 Å². The first kappa shape index (κ1) is 36.2. The minimum Gasteiger partial charge on any atom is -0.382 e. The van der Waals surface area contributed by atoms with Crippen molar-refractivity contribution in [2.45, 2.75) is 48.6 Å². The van der Waals surface area contributed by atoms with Crippen molar-refractivity contribution >= 4 is 57.0 Å². The quantitative estimate of drug-likeness (QED) is 0.0765. The predicted octanol–water partition coefficient (Wildman–Crippen LogP) is 3.65. The summed E-state index contributed by atoms with van der Waals surface area (Å²) in [5.41, 5.74) is 7.84. The van der Waals surface area contributed by atoms with Gasteiger partial charge < -0.3 is 25.2 Å². The number of nitro groups is 1. The molecule has 1 saturated heterocycles. The number of aromatic nitrogens is 4. The van der Waals surface area contributed by atoms with Gasteiger partial charge in [-0.25, -0.2) is 32.9 Å². The van der Waals surface area contributed by atoms with Crippen LogP contribution in [0.5, 0.6) is 0 Å². The van der Waals surface area contributed by atoms with E-state index in [2.05, 4.69) is 19.8 Å². The van der Waals surface area contributed by atoms with Crippen molar-refractivity contribution in [1.82, 2.24) is 29.4 Å². The second-order valence-electron chi connectivity index (χ2n) is 12.3. The Balaban J connectivity index is 1.30. The van der Waals surface area contributed by atoms with E-state index in [0.717, 1.165) is 11.1 Å². The van der Waals surface area contributed by atoms with Crippen LogP contribution in [-0.4, -0.2) is 81.0 Å². The van der Waals surface area contributed by atoms with Gasteiger partial charge in [-0.05, 0) is 30.5 Å². The number of hydrogen-bond acceptors (Lipinski definition) is 13. The Hall–Kier alpha value is -4.59. The third kappa shape index (κ3) is 7.70. The molecule has 0 aliphatic carbocycles. The molecule has 1 unspecified atom stereocenters. The number of nitro benzene ring substituents is 1. The fraction of sp³-hybridized carbons (Fsp3) is 0.323. The molecule has 2 aromatic heterocycles. The molecule has 6 rings (SSSR count). The van der Waals surface area contributed by atoms with E-state index in [1.807, 2.05) is 31.1 Å². The molecule has 5 N–H and O–H groups in total. The summed E-state index contributed by atoms with van der Waals surface area (Å²) >= 11 is 0. The molecule has 0 bridgehead atoms. The van der Waals surface area contributed by atoms with Crippen molar-refractivity contribution in [1.29, 1.82) is 0 Å². The summed E-state index contributed by atoms with van der Waals surface area (Å²) in [6.07, 6.45) is 0.255. The highest BCUT2D eigenvalue weighted by Gasteiger charge is 2.41. The van der Waals surface area contributed by atoms with Gasteiger partial charge in [0.2, 0.25) is 0 Å². The molecule has 4 atom stereocenters. The van der Waals surface area contributed by atoms with Gasteiger partial charge in [0, 0.05) is 56.2 Å². The number of nitrogens with one attached hydrogen (secondary N) is 1. The number of fused-ring (bicyclic) bond motifs is 2. The van der Waals surface area contributed by atoms with E-state index in [1.165, 1.54) is 55.0 Å². The molecule has 3 aromatic carbocycles. The molecule has 1 fully saturated rings. The largest absolute Gasteiger partial charge is 0.469 e. The number of imidazole rings is 1. The normalized spacial score (nSPS) is 18.8. The molecule has 18 nitrogen and oxygen atoms in total. The van der Waals surface area contributed by atoms with Gasteiger partial charge in [0.1, 0.15) is 18.1 Å². The second kappa shape index (κ2) is 14.2. The van der Waals surface area contributed by atoms with Crippen molar-refractivity contribution in [2.75, 3.05) is 31.8 Å². The highest BCUT2D eigenvalue weighted by molar-refractivity contribution is 7.89. The molecule has 1 aliphatic heterocycles. The average Bonchev–Trinajstić information content (AvgIpc) is 3.68. The van der Waals surface area contributed by atoms with Crippen molar-refractivity contribution in [3.63, 3.8) is 0 Å². The number of sulfonamides is 1. The highest BCUT2D eigenvalue weighted by Crippen LogP contribution is 2.45. The third-order valence-electron chi connectivity index (χ3n) is 8.73. The fourth-order valence-electron chi connectivity index (χ4n) is 6.41. The molecule has 0 radical (unpaired) electrons. The zero-order valence-electron chi connectivity index (χ0n) is 27.7. The lowest BCUT2D eigenvalue weighted by Crippen LogP contribution is -2.42. The van der Waals surface area contributed by atoms with Crippen LogP contribution in [0, 0.1) is 10.1 Å². The van der Waals surface area contributed by atoms with Crippen LogP contribution in [0.3, 0.4) is 0 Å². The first-order chi connectivity index (χ1) is 24.1.